The first-order valence-electron chi connectivity index (χ1n) is 29.7. The molecule has 0 fully saturated rings. The van der Waals surface area contributed by atoms with Crippen LogP contribution in [0.4, 0.5) is 0 Å². The summed E-state index contributed by atoms with van der Waals surface area (Å²) in [6.07, 6.45) is 84.5. The molecule has 0 spiro atoms. The van der Waals surface area contributed by atoms with Gasteiger partial charge in [-0.05, 0) is 116 Å². The van der Waals surface area contributed by atoms with Gasteiger partial charge in [-0.3, -0.25) is 14.4 Å². The van der Waals surface area contributed by atoms with Crippen LogP contribution in [-0.4, -0.2) is 37.2 Å². The maximum absolute atomic E-state index is 12.8. The van der Waals surface area contributed by atoms with Gasteiger partial charge in [-0.15, -0.1) is 0 Å². The Morgan fingerprint density at radius 2 is 0.534 bits per heavy atom. The number of rotatable bonds is 52. The van der Waals surface area contributed by atoms with Crippen LogP contribution in [-0.2, 0) is 28.6 Å². The van der Waals surface area contributed by atoms with Crippen LogP contribution in [0.15, 0.2) is 134 Å². The monoisotopic (exact) mass is 1010 g/mol. The van der Waals surface area contributed by atoms with E-state index in [1.54, 1.807) is 0 Å². The molecule has 0 aromatic heterocycles. The Hall–Kier alpha value is -4.45. The Morgan fingerprint density at radius 3 is 0.863 bits per heavy atom. The van der Waals surface area contributed by atoms with E-state index in [0.717, 1.165) is 141 Å². The maximum atomic E-state index is 12.8. The van der Waals surface area contributed by atoms with Crippen molar-refractivity contribution >= 4 is 17.9 Å². The molecule has 6 heteroatoms. The van der Waals surface area contributed by atoms with Crippen LogP contribution < -0.4 is 0 Å². The molecule has 6 nitrogen and oxygen atoms in total. The van der Waals surface area contributed by atoms with Crippen molar-refractivity contribution in [3.8, 4) is 0 Å². The normalized spacial score (nSPS) is 13.1. The number of esters is 3. The van der Waals surface area contributed by atoms with Crippen LogP contribution in [0.2, 0.25) is 0 Å². The van der Waals surface area contributed by atoms with Gasteiger partial charge in [-0.25, -0.2) is 0 Å². The smallest absolute Gasteiger partial charge is 0.306 e. The average molecular weight is 1010 g/mol. The van der Waals surface area contributed by atoms with E-state index in [2.05, 4.69) is 154 Å². The predicted molar refractivity (Wildman–Crippen MR) is 316 cm³/mol. The zero-order chi connectivity index (χ0) is 52.9. The minimum atomic E-state index is -0.811. The van der Waals surface area contributed by atoms with Crippen molar-refractivity contribution in [2.24, 2.45) is 0 Å². The molecular formula is C67H108O6. The Balaban J connectivity index is 4.42. The van der Waals surface area contributed by atoms with Crippen LogP contribution in [0.25, 0.3) is 0 Å². The fraction of sp³-hybridized carbons (Fsp3) is 0.627. The molecule has 73 heavy (non-hydrogen) atoms. The van der Waals surface area contributed by atoms with Crippen LogP contribution in [0.3, 0.4) is 0 Å². The molecule has 0 aromatic rings. The number of carbonyl (C=O) groups is 3. The van der Waals surface area contributed by atoms with E-state index in [1.165, 1.54) is 64.2 Å². The van der Waals surface area contributed by atoms with E-state index in [1.807, 2.05) is 0 Å². The summed E-state index contributed by atoms with van der Waals surface area (Å²) < 4.78 is 16.8. The highest BCUT2D eigenvalue weighted by molar-refractivity contribution is 5.71. The first kappa shape index (κ1) is 68.6. The Bertz CT molecular complexity index is 1580. The first-order valence-corrected chi connectivity index (χ1v) is 29.7. The number of hydrogen-bond donors (Lipinski definition) is 0. The number of carbonyl (C=O) groups excluding carboxylic acids is 3. The van der Waals surface area contributed by atoms with Crippen molar-refractivity contribution in [1.29, 1.82) is 0 Å². The summed E-state index contributed by atoms with van der Waals surface area (Å²) in [5.41, 5.74) is 0. The second kappa shape index (κ2) is 60.1. The summed E-state index contributed by atoms with van der Waals surface area (Å²) in [7, 11) is 0. The highest BCUT2D eigenvalue weighted by atomic mass is 16.6. The SMILES string of the molecule is CC/C=C\C/C=C\C/C=C\C/C=C\C/C=C\C/C=C\C/C=C\CCCCCCCC(=O)OCC(COC(=O)CCCCCCCCCCCCCCC)OC(=O)CCCC/C=C\C/C=C\C/C=C\C/C=C\CC. The zero-order valence-electron chi connectivity index (χ0n) is 47.1. The first-order chi connectivity index (χ1) is 36.0. The lowest BCUT2D eigenvalue weighted by Crippen LogP contribution is -2.30. The molecule has 0 aliphatic carbocycles. The van der Waals surface area contributed by atoms with Crippen molar-refractivity contribution in [3.05, 3.63) is 134 Å². The van der Waals surface area contributed by atoms with Gasteiger partial charge < -0.3 is 14.2 Å². The molecule has 0 aliphatic rings. The molecule has 0 saturated carbocycles. The quantitative estimate of drug-likeness (QED) is 0.0261. The van der Waals surface area contributed by atoms with Crippen molar-refractivity contribution in [1.82, 2.24) is 0 Å². The van der Waals surface area contributed by atoms with Crippen LogP contribution >= 0.6 is 0 Å². The lowest BCUT2D eigenvalue weighted by molar-refractivity contribution is -0.167. The second-order valence-electron chi connectivity index (χ2n) is 19.1. The van der Waals surface area contributed by atoms with Crippen LogP contribution in [0.1, 0.15) is 252 Å². The standard InChI is InChI=1S/C67H108O6/c1-4-7-10-13-16-19-22-25-27-28-29-30-31-32-33-34-35-36-37-38-40-42-45-48-51-54-57-60-66(69)72-63-64(62-71-65(68)59-56-53-50-47-44-41-24-21-18-15-12-9-6-3)73-67(70)61-58-55-52-49-46-43-39-26-23-20-17-14-11-8-5-2/h7-8,10-11,16-17,19-20,25-27,29-30,32-33,35-36,38-40,46,49,64H,4-6,9,12-15,18,21-24,28,31,34,37,41-45,47-48,50-63H2,1-3H3/b10-7-,11-8-,19-16-,20-17-,27-25-,30-29-,33-32-,36-35-,39-26-,40-38-,49-46-. The Morgan fingerprint density at radius 1 is 0.288 bits per heavy atom. The van der Waals surface area contributed by atoms with Gasteiger partial charge in [0.25, 0.3) is 0 Å². The van der Waals surface area contributed by atoms with Crippen molar-refractivity contribution in [2.45, 2.75) is 258 Å². The highest BCUT2D eigenvalue weighted by Crippen LogP contribution is 2.15. The summed E-state index contributed by atoms with van der Waals surface area (Å²) in [6.45, 7) is 6.36. The van der Waals surface area contributed by atoms with Crippen molar-refractivity contribution in [3.63, 3.8) is 0 Å². The molecule has 0 aromatic carbocycles. The van der Waals surface area contributed by atoms with E-state index in [4.69, 9.17) is 14.2 Å². The van der Waals surface area contributed by atoms with Gasteiger partial charge in [-0.1, -0.05) is 251 Å². The molecule has 1 unspecified atom stereocenters. The van der Waals surface area contributed by atoms with Gasteiger partial charge in [0.05, 0.1) is 0 Å². The Labute approximate surface area is 449 Å². The number of allylic oxidation sites excluding steroid dienone is 22. The van der Waals surface area contributed by atoms with Gasteiger partial charge in [0.2, 0.25) is 0 Å². The minimum Gasteiger partial charge on any atom is -0.462 e. The van der Waals surface area contributed by atoms with Gasteiger partial charge in [0.15, 0.2) is 6.10 Å². The molecule has 0 amide bonds. The largest absolute Gasteiger partial charge is 0.462 e. The van der Waals surface area contributed by atoms with Gasteiger partial charge in [0.1, 0.15) is 13.2 Å². The highest BCUT2D eigenvalue weighted by Gasteiger charge is 2.19. The lowest BCUT2D eigenvalue weighted by atomic mass is 10.0. The number of ether oxygens (including phenoxy) is 3. The summed E-state index contributed by atoms with van der Waals surface area (Å²) in [4.78, 5) is 38.2. The van der Waals surface area contributed by atoms with E-state index < -0.39 is 6.10 Å². The van der Waals surface area contributed by atoms with Gasteiger partial charge in [-0.2, -0.15) is 0 Å². The lowest BCUT2D eigenvalue weighted by Gasteiger charge is -2.18. The minimum absolute atomic E-state index is 0.103. The van der Waals surface area contributed by atoms with Crippen molar-refractivity contribution in [2.75, 3.05) is 13.2 Å². The molecule has 0 heterocycles. The Kier molecular flexibility index (Phi) is 56.4. The van der Waals surface area contributed by atoms with Gasteiger partial charge >= 0.3 is 17.9 Å². The maximum Gasteiger partial charge on any atom is 0.306 e. The second-order valence-corrected chi connectivity index (χ2v) is 19.1. The fourth-order valence-corrected chi connectivity index (χ4v) is 7.77. The number of unbranched alkanes of at least 4 members (excludes halogenated alkanes) is 19. The average Bonchev–Trinajstić information content (AvgIpc) is 3.39. The molecule has 0 bridgehead atoms. The zero-order valence-corrected chi connectivity index (χ0v) is 47.1. The van der Waals surface area contributed by atoms with E-state index >= 15 is 0 Å². The molecule has 0 saturated heterocycles. The topological polar surface area (TPSA) is 78.9 Å². The molecule has 0 N–H and O–H groups in total. The third kappa shape index (κ3) is 58.3. The summed E-state index contributed by atoms with van der Waals surface area (Å²) >= 11 is 0. The summed E-state index contributed by atoms with van der Waals surface area (Å²) in [6, 6.07) is 0. The molecule has 0 rings (SSSR count). The summed E-state index contributed by atoms with van der Waals surface area (Å²) in [5.74, 6) is -0.967. The third-order valence-corrected chi connectivity index (χ3v) is 12.2. The van der Waals surface area contributed by atoms with E-state index in [-0.39, 0.29) is 37.5 Å². The summed E-state index contributed by atoms with van der Waals surface area (Å²) in [5, 5.41) is 0. The molecule has 1 atom stereocenters. The molecule has 0 aliphatic heterocycles. The molecule has 0 radical (unpaired) electrons. The fourth-order valence-electron chi connectivity index (χ4n) is 7.77. The van der Waals surface area contributed by atoms with E-state index in [0.29, 0.717) is 19.3 Å². The third-order valence-electron chi connectivity index (χ3n) is 12.2. The van der Waals surface area contributed by atoms with Crippen molar-refractivity contribution < 1.29 is 28.6 Å². The van der Waals surface area contributed by atoms with Crippen LogP contribution in [0, 0.1) is 0 Å². The molecule has 412 valence electrons. The van der Waals surface area contributed by atoms with Crippen LogP contribution in [0.5, 0.6) is 0 Å². The number of hydrogen-bond acceptors (Lipinski definition) is 6. The molecular weight excluding hydrogens is 901 g/mol. The van der Waals surface area contributed by atoms with E-state index in [9.17, 15) is 14.4 Å². The predicted octanol–water partition coefficient (Wildman–Crippen LogP) is 20.2. The van der Waals surface area contributed by atoms with Gasteiger partial charge in [0, 0.05) is 19.3 Å².